The summed E-state index contributed by atoms with van der Waals surface area (Å²) >= 11 is 3.40. The van der Waals surface area contributed by atoms with Crippen LogP contribution in [-0.4, -0.2) is 34.9 Å². The van der Waals surface area contributed by atoms with Crippen molar-refractivity contribution in [2.24, 2.45) is 0 Å². The molecule has 5 aromatic rings. The summed E-state index contributed by atoms with van der Waals surface area (Å²) in [6.45, 7) is 2.99. The van der Waals surface area contributed by atoms with Gasteiger partial charge >= 0.3 is 0 Å². The fourth-order valence-electron chi connectivity index (χ4n) is 4.67. The van der Waals surface area contributed by atoms with Crippen molar-refractivity contribution >= 4 is 48.9 Å². The van der Waals surface area contributed by atoms with Gasteiger partial charge < -0.3 is 5.32 Å². The molecule has 6 heteroatoms. The number of likely N-dealkylation sites (tertiary alicyclic amines) is 1. The van der Waals surface area contributed by atoms with Gasteiger partial charge in [0.25, 0.3) is 5.91 Å². The second-order valence-electron chi connectivity index (χ2n) is 8.86. The van der Waals surface area contributed by atoms with Gasteiger partial charge in [0.2, 0.25) is 0 Å². The lowest BCUT2D eigenvalue weighted by atomic mass is 10.0. The van der Waals surface area contributed by atoms with Crippen LogP contribution in [0.5, 0.6) is 0 Å². The van der Waals surface area contributed by atoms with Crippen LogP contribution in [0, 0.1) is 0 Å². The molecule has 0 atom stereocenters. The highest BCUT2D eigenvalue weighted by atomic mass is 32.1. The van der Waals surface area contributed by atoms with Gasteiger partial charge in [-0.2, -0.15) is 0 Å². The van der Waals surface area contributed by atoms with Gasteiger partial charge in [-0.3, -0.25) is 9.69 Å². The maximum atomic E-state index is 13.0. The van der Waals surface area contributed by atoms with Crippen molar-refractivity contribution in [3.63, 3.8) is 0 Å². The molecule has 34 heavy (non-hydrogen) atoms. The molecular formula is C28H25N3OS2. The van der Waals surface area contributed by atoms with E-state index in [9.17, 15) is 4.79 Å². The van der Waals surface area contributed by atoms with Gasteiger partial charge in [-0.1, -0.05) is 48.5 Å². The largest absolute Gasteiger partial charge is 0.349 e. The molecule has 1 N–H and O–H groups in total. The second kappa shape index (κ2) is 9.29. The van der Waals surface area contributed by atoms with Crippen molar-refractivity contribution in [1.82, 2.24) is 15.2 Å². The maximum Gasteiger partial charge on any atom is 0.251 e. The standard InChI is InChI=1S/C28H25N3OS2/c32-27(29-21-12-14-31(15-13-21)17-19-6-2-1-3-7-19)20-10-11-24-26(16-20)34-28(30-24)23-18-33-25-9-5-4-8-22(23)25/h1-11,16,18,21H,12-15,17H2,(H,29,32). The number of aromatic nitrogens is 1. The number of nitrogens with zero attached hydrogens (tertiary/aromatic N) is 2. The van der Waals surface area contributed by atoms with E-state index >= 15 is 0 Å². The third-order valence-corrected chi connectivity index (χ3v) is 8.55. The number of hydrogen-bond donors (Lipinski definition) is 1. The van der Waals surface area contributed by atoms with E-state index in [0.29, 0.717) is 5.56 Å². The fourth-order valence-corrected chi connectivity index (χ4v) is 6.73. The van der Waals surface area contributed by atoms with Gasteiger partial charge in [0, 0.05) is 52.3 Å². The Hall–Kier alpha value is -3.06. The Morgan fingerprint density at radius 2 is 1.76 bits per heavy atom. The molecule has 1 fully saturated rings. The number of hydrogen-bond acceptors (Lipinski definition) is 5. The van der Waals surface area contributed by atoms with Crippen LogP contribution in [0.4, 0.5) is 0 Å². The lowest BCUT2D eigenvalue weighted by molar-refractivity contribution is 0.0909. The smallest absolute Gasteiger partial charge is 0.251 e. The summed E-state index contributed by atoms with van der Waals surface area (Å²) in [5.41, 5.74) is 4.18. The van der Waals surface area contributed by atoms with Crippen molar-refractivity contribution < 1.29 is 4.79 Å². The third kappa shape index (κ3) is 4.37. The van der Waals surface area contributed by atoms with E-state index in [1.807, 2.05) is 18.2 Å². The number of benzene rings is 3. The average Bonchev–Trinajstić information content (AvgIpc) is 3.49. The summed E-state index contributed by atoms with van der Waals surface area (Å²) in [5.74, 6) is 0.0133. The van der Waals surface area contributed by atoms with Crippen LogP contribution in [-0.2, 0) is 6.54 Å². The number of carbonyl (C=O) groups is 1. The second-order valence-corrected chi connectivity index (χ2v) is 10.8. The van der Waals surface area contributed by atoms with Crippen molar-refractivity contribution in [1.29, 1.82) is 0 Å². The quantitative estimate of drug-likeness (QED) is 0.307. The minimum absolute atomic E-state index is 0.0133. The average molecular weight is 484 g/mol. The number of fused-ring (bicyclic) bond motifs is 2. The monoisotopic (exact) mass is 483 g/mol. The molecule has 0 radical (unpaired) electrons. The zero-order valence-corrected chi connectivity index (χ0v) is 20.4. The first-order chi connectivity index (χ1) is 16.7. The Bertz CT molecular complexity index is 1450. The van der Waals surface area contributed by atoms with Crippen LogP contribution in [0.25, 0.3) is 30.9 Å². The normalized spacial score (nSPS) is 15.2. The Labute approximate surface area is 206 Å². The molecule has 3 heterocycles. The van der Waals surface area contributed by atoms with E-state index in [1.54, 1.807) is 22.7 Å². The Morgan fingerprint density at radius 3 is 2.62 bits per heavy atom. The lowest BCUT2D eigenvalue weighted by Crippen LogP contribution is -2.44. The zero-order valence-electron chi connectivity index (χ0n) is 18.7. The topological polar surface area (TPSA) is 45.2 Å². The van der Waals surface area contributed by atoms with Crippen LogP contribution in [0.1, 0.15) is 28.8 Å². The minimum Gasteiger partial charge on any atom is -0.349 e. The van der Waals surface area contributed by atoms with Crippen LogP contribution in [0.15, 0.2) is 78.2 Å². The first kappa shape index (κ1) is 21.5. The van der Waals surface area contributed by atoms with Crippen molar-refractivity contribution in [2.45, 2.75) is 25.4 Å². The predicted octanol–water partition coefficient (Wildman–Crippen LogP) is 6.57. The molecule has 1 amide bonds. The summed E-state index contributed by atoms with van der Waals surface area (Å²) in [7, 11) is 0. The molecule has 0 aliphatic carbocycles. The van der Waals surface area contributed by atoms with E-state index in [4.69, 9.17) is 4.98 Å². The van der Waals surface area contributed by atoms with Crippen molar-refractivity contribution in [3.05, 3.63) is 89.3 Å². The Balaban J connectivity index is 1.12. The molecule has 1 saturated heterocycles. The SMILES string of the molecule is O=C(NC1CCN(Cc2ccccc2)CC1)c1ccc2nc(-c3csc4ccccc34)sc2c1. The summed E-state index contributed by atoms with van der Waals surface area (Å²) in [6.07, 6.45) is 1.97. The van der Waals surface area contributed by atoms with Gasteiger partial charge in [-0.15, -0.1) is 22.7 Å². The maximum absolute atomic E-state index is 13.0. The molecule has 0 saturated carbocycles. The van der Waals surface area contributed by atoms with E-state index in [2.05, 4.69) is 70.2 Å². The summed E-state index contributed by atoms with van der Waals surface area (Å²) < 4.78 is 2.32. The van der Waals surface area contributed by atoms with Crippen molar-refractivity contribution in [3.8, 4) is 10.6 Å². The van der Waals surface area contributed by atoms with Gasteiger partial charge in [-0.05, 0) is 42.7 Å². The van der Waals surface area contributed by atoms with Gasteiger partial charge in [0.05, 0.1) is 10.2 Å². The molecule has 1 aliphatic rings. The summed E-state index contributed by atoms with van der Waals surface area (Å²) in [4.78, 5) is 20.3. The number of thiazole rings is 1. The van der Waals surface area contributed by atoms with E-state index in [0.717, 1.165) is 47.7 Å². The van der Waals surface area contributed by atoms with Crippen LogP contribution in [0.3, 0.4) is 0 Å². The molecule has 1 aliphatic heterocycles. The van der Waals surface area contributed by atoms with Gasteiger partial charge in [0.1, 0.15) is 5.01 Å². The molecule has 4 nitrogen and oxygen atoms in total. The third-order valence-electron chi connectivity index (χ3n) is 6.53. The number of amides is 1. The molecule has 0 spiro atoms. The first-order valence-corrected chi connectivity index (χ1v) is 13.4. The molecular weight excluding hydrogens is 458 g/mol. The molecule has 0 unspecified atom stereocenters. The number of carbonyl (C=O) groups excluding carboxylic acids is 1. The van der Waals surface area contributed by atoms with Crippen molar-refractivity contribution in [2.75, 3.05) is 13.1 Å². The van der Waals surface area contributed by atoms with Gasteiger partial charge in [0.15, 0.2) is 0 Å². The molecule has 2 aromatic heterocycles. The van der Waals surface area contributed by atoms with Crippen LogP contribution >= 0.6 is 22.7 Å². The summed E-state index contributed by atoms with van der Waals surface area (Å²) in [6, 6.07) is 25.1. The zero-order chi connectivity index (χ0) is 22.9. The number of nitrogens with one attached hydrogen (secondary N) is 1. The predicted molar refractivity (Wildman–Crippen MR) is 143 cm³/mol. The Morgan fingerprint density at radius 1 is 0.971 bits per heavy atom. The number of rotatable bonds is 5. The fraction of sp³-hybridized carbons (Fsp3) is 0.214. The molecule has 3 aromatic carbocycles. The first-order valence-electron chi connectivity index (χ1n) is 11.7. The molecule has 170 valence electrons. The van der Waals surface area contributed by atoms with E-state index < -0.39 is 0 Å². The van der Waals surface area contributed by atoms with Gasteiger partial charge in [-0.25, -0.2) is 4.98 Å². The highest BCUT2D eigenvalue weighted by Crippen LogP contribution is 2.38. The highest BCUT2D eigenvalue weighted by molar-refractivity contribution is 7.22. The number of piperidine rings is 1. The Kier molecular flexibility index (Phi) is 5.87. The molecule has 0 bridgehead atoms. The summed E-state index contributed by atoms with van der Waals surface area (Å²) in [5, 5.41) is 7.69. The van der Waals surface area contributed by atoms with Crippen LogP contribution in [0.2, 0.25) is 0 Å². The molecule has 6 rings (SSSR count). The van der Waals surface area contributed by atoms with E-state index in [1.165, 1.54) is 21.2 Å². The highest BCUT2D eigenvalue weighted by Gasteiger charge is 2.21. The minimum atomic E-state index is 0.0133. The van der Waals surface area contributed by atoms with E-state index in [-0.39, 0.29) is 11.9 Å². The lowest BCUT2D eigenvalue weighted by Gasteiger charge is -2.32. The van der Waals surface area contributed by atoms with Crippen LogP contribution < -0.4 is 5.32 Å². The number of thiophene rings is 1.